The van der Waals surface area contributed by atoms with Crippen LogP contribution in [0, 0.1) is 23.2 Å². The zero-order valence-electron chi connectivity index (χ0n) is 17.7. The zero-order valence-corrected chi connectivity index (χ0v) is 17.7. The number of anilines is 1. The molecule has 3 rings (SSSR count). The first-order valence-electron chi connectivity index (χ1n) is 9.82. The zero-order chi connectivity index (χ0) is 22.9. The number of nitrogens with two attached hydrogens (primary N) is 1. The third kappa shape index (κ3) is 3.92. The second-order valence-corrected chi connectivity index (χ2v) is 7.85. The summed E-state index contributed by atoms with van der Waals surface area (Å²) in [6, 6.07) is 5.08. The van der Waals surface area contributed by atoms with Crippen molar-refractivity contribution in [1.82, 2.24) is 14.6 Å². The van der Waals surface area contributed by atoms with Gasteiger partial charge in [0.25, 0.3) is 0 Å². The molecule has 3 N–H and O–H groups in total. The number of carbonyl (C=O) groups excluding carboxylic acids is 2. The van der Waals surface area contributed by atoms with Gasteiger partial charge in [-0.25, -0.2) is 9.50 Å². The molecule has 166 valence electrons. The van der Waals surface area contributed by atoms with Crippen LogP contribution in [0.1, 0.15) is 33.4 Å². The molecule has 2 aromatic heterocycles. The van der Waals surface area contributed by atoms with Gasteiger partial charge in [0.15, 0.2) is 11.9 Å². The molecule has 0 aromatic carbocycles. The molecule has 11 heteroatoms. The van der Waals surface area contributed by atoms with E-state index in [1.165, 1.54) is 23.8 Å². The first-order valence-corrected chi connectivity index (χ1v) is 9.82. The average Bonchev–Trinajstić information content (AvgIpc) is 3.27. The molecule has 0 amide bonds. The number of carbonyl (C=O) groups is 2. The summed E-state index contributed by atoms with van der Waals surface area (Å²) in [7, 11) is 0. The van der Waals surface area contributed by atoms with Gasteiger partial charge in [-0.1, -0.05) is 20.8 Å². The molecule has 1 aliphatic rings. The minimum absolute atomic E-state index is 0.0577. The van der Waals surface area contributed by atoms with Gasteiger partial charge in [-0.15, -0.1) is 0 Å². The van der Waals surface area contributed by atoms with Crippen LogP contribution in [-0.4, -0.2) is 56.6 Å². The summed E-state index contributed by atoms with van der Waals surface area (Å²) in [4.78, 5) is 27.8. The van der Waals surface area contributed by atoms with Crippen molar-refractivity contribution in [2.24, 2.45) is 11.8 Å². The molecule has 0 saturated carbocycles. The Hall–Kier alpha value is -3.23. The van der Waals surface area contributed by atoms with Crippen LogP contribution in [0.4, 0.5) is 5.82 Å². The Morgan fingerprint density at radius 1 is 1.42 bits per heavy atom. The fraction of sp³-hybridized carbons (Fsp3) is 0.550. The predicted octanol–water partition coefficient (Wildman–Crippen LogP) is 0.557. The lowest BCUT2D eigenvalue weighted by Crippen LogP contribution is -2.43. The van der Waals surface area contributed by atoms with Crippen LogP contribution in [0.25, 0.3) is 5.52 Å². The molecule has 5 atom stereocenters. The number of esters is 2. The molecule has 11 nitrogen and oxygen atoms in total. The first kappa shape index (κ1) is 22.5. The lowest BCUT2D eigenvalue weighted by molar-refractivity contribution is -0.161. The second kappa shape index (κ2) is 8.49. The number of aromatic nitrogens is 3. The standard InChI is InChI=1S/C20H25N5O6/c1-10(2)11(3)19(28)29-7-14-16(30-12(4)26)17(27)20(8-21,31-14)15-6-5-13-18(22)23-9-24-25(13)15/h5-6,9-11,14,16-17,27H,7H2,1-4H3,(H2,22,23,24)/t11-,14+,16+,17+,20-/m0/s1. The molecular weight excluding hydrogens is 406 g/mol. The average molecular weight is 431 g/mol. The highest BCUT2D eigenvalue weighted by Gasteiger charge is 2.59. The quantitative estimate of drug-likeness (QED) is 0.618. The molecule has 0 spiro atoms. The van der Waals surface area contributed by atoms with Crippen molar-refractivity contribution in [3.63, 3.8) is 0 Å². The Kier molecular flexibility index (Phi) is 6.15. The van der Waals surface area contributed by atoms with Gasteiger partial charge in [0.05, 0.1) is 11.6 Å². The van der Waals surface area contributed by atoms with Crippen LogP contribution in [0.2, 0.25) is 0 Å². The SMILES string of the molecule is CC(=O)O[C@H]1[C@@H](O)[C@](C#N)(c2ccc3c(N)ncnn23)O[C@@H]1COC(=O)[C@@H](C)C(C)C. The van der Waals surface area contributed by atoms with Gasteiger partial charge in [0.1, 0.15) is 36.7 Å². The van der Waals surface area contributed by atoms with E-state index in [-0.39, 0.29) is 30.0 Å². The van der Waals surface area contributed by atoms with E-state index in [2.05, 4.69) is 10.1 Å². The van der Waals surface area contributed by atoms with E-state index >= 15 is 0 Å². The van der Waals surface area contributed by atoms with Gasteiger partial charge in [-0.3, -0.25) is 9.59 Å². The number of fused-ring (bicyclic) bond motifs is 1. The van der Waals surface area contributed by atoms with Crippen LogP contribution in [0.3, 0.4) is 0 Å². The number of ether oxygens (including phenoxy) is 3. The van der Waals surface area contributed by atoms with Crippen molar-refractivity contribution in [2.75, 3.05) is 12.3 Å². The molecule has 0 bridgehead atoms. The number of nitrogen functional groups attached to an aromatic ring is 1. The number of aliphatic hydroxyl groups is 1. The summed E-state index contributed by atoms with van der Waals surface area (Å²) < 4.78 is 17.8. The van der Waals surface area contributed by atoms with E-state index in [0.717, 1.165) is 0 Å². The Balaban J connectivity index is 1.96. The molecule has 3 heterocycles. The van der Waals surface area contributed by atoms with Crippen molar-refractivity contribution < 1.29 is 28.9 Å². The van der Waals surface area contributed by atoms with E-state index in [1.54, 1.807) is 13.0 Å². The van der Waals surface area contributed by atoms with Gasteiger partial charge in [0, 0.05) is 6.92 Å². The van der Waals surface area contributed by atoms with Gasteiger partial charge in [-0.2, -0.15) is 10.4 Å². The third-order valence-corrected chi connectivity index (χ3v) is 5.52. The van der Waals surface area contributed by atoms with Gasteiger partial charge in [0.2, 0.25) is 5.60 Å². The molecule has 1 aliphatic heterocycles. The minimum Gasteiger partial charge on any atom is -0.463 e. The summed E-state index contributed by atoms with van der Waals surface area (Å²) >= 11 is 0. The van der Waals surface area contributed by atoms with Crippen molar-refractivity contribution in [1.29, 1.82) is 5.26 Å². The molecule has 1 saturated heterocycles. The van der Waals surface area contributed by atoms with E-state index in [0.29, 0.717) is 5.52 Å². The number of rotatable bonds is 6. The molecular formula is C20H25N5O6. The second-order valence-electron chi connectivity index (χ2n) is 7.85. The Labute approximate surface area is 178 Å². The fourth-order valence-corrected chi connectivity index (χ4v) is 3.43. The van der Waals surface area contributed by atoms with Gasteiger partial charge < -0.3 is 25.1 Å². The lowest BCUT2D eigenvalue weighted by Gasteiger charge is -2.24. The van der Waals surface area contributed by atoms with E-state index in [4.69, 9.17) is 19.9 Å². The van der Waals surface area contributed by atoms with Crippen LogP contribution < -0.4 is 5.73 Å². The van der Waals surface area contributed by atoms with Crippen molar-refractivity contribution in [2.45, 2.75) is 51.6 Å². The summed E-state index contributed by atoms with van der Waals surface area (Å²) in [6.07, 6.45) is -2.70. The maximum Gasteiger partial charge on any atom is 0.309 e. The monoisotopic (exact) mass is 431 g/mol. The number of aliphatic hydroxyl groups excluding tert-OH is 1. The Bertz CT molecular complexity index is 1030. The molecule has 0 aliphatic carbocycles. The molecule has 2 aromatic rings. The lowest BCUT2D eigenvalue weighted by atomic mass is 9.92. The number of hydrogen-bond acceptors (Lipinski definition) is 10. The molecule has 0 radical (unpaired) electrons. The highest BCUT2D eigenvalue weighted by atomic mass is 16.6. The largest absolute Gasteiger partial charge is 0.463 e. The van der Waals surface area contributed by atoms with E-state index in [9.17, 15) is 20.0 Å². The van der Waals surface area contributed by atoms with Crippen molar-refractivity contribution in [3.05, 3.63) is 24.2 Å². The summed E-state index contributed by atoms with van der Waals surface area (Å²) in [5.74, 6) is -1.28. The summed E-state index contributed by atoms with van der Waals surface area (Å²) in [5, 5.41) is 25.1. The number of hydrogen-bond donors (Lipinski definition) is 2. The highest BCUT2D eigenvalue weighted by molar-refractivity contribution is 5.72. The van der Waals surface area contributed by atoms with Gasteiger partial charge in [-0.05, 0) is 18.1 Å². The third-order valence-electron chi connectivity index (χ3n) is 5.52. The normalized spacial score (nSPS) is 26.5. The van der Waals surface area contributed by atoms with Crippen molar-refractivity contribution >= 4 is 23.3 Å². The van der Waals surface area contributed by atoms with E-state index in [1.807, 2.05) is 19.9 Å². The minimum atomic E-state index is -1.95. The summed E-state index contributed by atoms with van der Waals surface area (Å²) in [6.45, 7) is 6.36. The fourth-order valence-electron chi connectivity index (χ4n) is 3.43. The smallest absolute Gasteiger partial charge is 0.309 e. The number of nitrogens with zero attached hydrogens (tertiary/aromatic N) is 4. The molecule has 31 heavy (non-hydrogen) atoms. The highest BCUT2D eigenvalue weighted by Crippen LogP contribution is 2.41. The molecule has 1 fully saturated rings. The molecule has 0 unspecified atom stereocenters. The first-order chi connectivity index (χ1) is 14.6. The van der Waals surface area contributed by atoms with Crippen LogP contribution in [-0.2, 0) is 29.4 Å². The summed E-state index contributed by atoms with van der Waals surface area (Å²) in [5.41, 5.74) is 4.49. The van der Waals surface area contributed by atoms with Crippen LogP contribution >= 0.6 is 0 Å². The van der Waals surface area contributed by atoms with Gasteiger partial charge >= 0.3 is 11.9 Å². The topological polar surface area (TPSA) is 162 Å². The van der Waals surface area contributed by atoms with Crippen LogP contribution in [0.15, 0.2) is 18.5 Å². The maximum absolute atomic E-state index is 12.3. The van der Waals surface area contributed by atoms with Crippen LogP contribution in [0.5, 0.6) is 0 Å². The Morgan fingerprint density at radius 2 is 2.13 bits per heavy atom. The predicted molar refractivity (Wildman–Crippen MR) is 106 cm³/mol. The van der Waals surface area contributed by atoms with E-state index < -0.39 is 35.9 Å². The van der Waals surface area contributed by atoms with Crippen molar-refractivity contribution in [3.8, 4) is 6.07 Å². The maximum atomic E-state index is 12.3. The number of nitriles is 1. The Morgan fingerprint density at radius 3 is 2.74 bits per heavy atom.